The lowest BCUT2D eigenvalue weighted by Crippen LogP contribution is -2.17. The summed E-state index contributed by atoms with van der Waals surface area (Å²) < 4.78 is 39.8. The molecule has 0 bridgehead atoms. The lowest BCUT2D eigenvalue weighted by Gasteiger charge is -2.08. The molecule has 0 saturated carbocycles. The van der Waals surface area contributed by atoms with Gasteiger partial charge in [0.25, 0.3) is 0 Å². The summed E-state index contributed by atoms with van der Waals surface area (Å²) in [5.74, 6) is -2.98. The number of halogens is 3. The number of nitrogens with zero attached hydrogens (tertiary/aromatic N) is 1. The van der Waals surface area contributed by atoms with Gasteiger partial charge in [-0.15, -0.1) is 0 Å². The van der Waals surface area contributed by atoms with E-state index in [2.05, 4.69) is 5.32 Å². The van der Waals surface area contributed by atoms with Crippen molar-refractivity contribution in [2.45, 2.75) is 6.42 Å². The molecule has 6 heteroatoms. The quantitative estimate of drug-likeness (QED) is 0.944. The molecule has 2 aromatic carbocycles. The van der Waals surface area contributed by atoms with Gasteiger partial charge in [0.05, 0.1) is 17.7 Å². The Hall–Kier alpha value is -2.81. The van der Waals surface area contributed by atoms with Crippen molar-refractivity contribution in [3.8, 4) is 6.07 Å². The lowest BCUT2D eigenvalue weighted by molar-refractivity contribution is -0.115. The van der Waals surface area contributed by atoms with Gasteiger partial charge in [0.2, 0.25) is 5.91 Å². The molecular formula is C15H9F3N2O. The second-order valence-corrected chi connectivity index (χ2v) is 4.23. The number of hydrogen-bond donors (Lipinski definition) is 1. The SMILES string of the molecule is N#Cc1cc(F)ccc1NC(=O)Cc1c(F)cccc1F. The van der Waals surface area contributed by atoms with Gasteiger partial charge in [-0.25, -0.2) is 13.2 Å². The van der Waals surface area contributed by atoms with Gasteiger partial charge < -0.3 is 5.32 Å². The molecule has 2 aromatic rings. The van der Waals surface area contributed by atoms with Crippen LogP contribution in [0, 0.1) is 28.8 Å². The fraction of sp³-hybridized carbons (Fsp3) is 0.0667. The summed E-state index contributed by atoms with van der Waals surface area (Å²) in [6, 6.07) is 8.25. The van der Waals surface area contributed by atoms with E-state index in [1.165, 1.54) is 12.1 Å². The minimum atomic E-state index is -0.829. The van der Waals surface area contributed by atoms with Crippen LogP contribution in [0.1, 0.15) is 11.1 Å². The van der Waals surface area contributed by atoms with Gasteiger partial charge in [0.1, 0.15) is 23.5 Å². The third kappa shape index (κ3) is 3.39. The van der Waals surface area contributed by atoms with Crippen LogP contribution in [0.25, 0.3) is 0 Å². The van der Waals surface area contributed by atoms with Crippen LogP contribution in [0.2, 0.25) is 0 Å². The molecule has 0 heterocycles. The highest BCUT2D eigenvalue weighted by Crippen LogP contribution is 2.18. The Morgan fingerprint density at radius 3 is 2.43 bits per heavy atom. The zero-order valence-corrected chi connectivity index (χ0v) is 10.7. The van der Waals surface area contributed by atoms with Crippen LogP contribution >= 0.6 is 0 Å². The molecule has 0 aliphatic carbocycles. The van der Waals surface area contributed by atoms with E-state index in [0.717, 1.165) is 24.3 Å². The maximum atomic E-state index is 13.4. The molecule has 2 rings (SSSR count). The first kappa shape index (κ1) is 14.6. The number of amides is 1. The van der Waals surface area contributed by atoms with Crippen LogP contribution < -0.4 is 5.32 Å². The molecule has 0 atom stereocenters. The van der Waals surface area contributed by atoms with E-state index in [0.29, 0.717) is 0 Å². The fourth-order valence-corrected chi connectivity index (χ4v) is 1.77. The van der Waals surface area contributed by atoms with Crippen molar-refractivity contribution in [2.75, 3.05) is 5.32 Å². The normalized spacial score (nSPS) is 10.0. The predicted molar refractivity (Wildman–Crippen MR) is 69.8 cm³/mol. The van der Waals surface area contributed by atoms with Crippen molar-refractivity contribution in [1.82, 2.24) is 0 Å². The number of benzene rings is 2. The molecule has 0 fully saturated rings. The molecular weight excluding hydrogens is 281 g/mol. The third-order valence-electron chi connectivity index (χ3n) is 2.78. The molecule has 0 aliphatic heterocycles. The first-order chi connectivity index (χ1) is 10.0. The molecule has 0 aliphatic rings. The van der Waals surface area contributed by atoms with Gasteiger partial charge in [-0.05, 0) is 30.3 Å². The maximum absolute atomic E-state index is 13.4. The number of anilines is 1. The Balaban J connectivity index is 2.18. The minimum absolute atomic E-state index is 0.0719. The van der Waals surface area contributed by atoms with Crippen LogP contribution in [0.4, 0.5) is 18.9 Å². The minimum Gasteiger partial charge on any atom is -0.325 e. The summed E-state index contributed by atoms with van der Waals surface area (Å²) in [5.41, 5.74) is -0.353. The highest BCUT2D eigenvalue weighted by molar-refractivity contribution is 5.93. The molecule has 1 amide bonds. The smallest absolute Gasteiger partial charge is 0.229 e. The standard InChI is InChI=1S/C15H9F3N2O/c16-10-4-5-14(9(6-10)8-19)20-15(21)7-11-12(17)2-1-3-13(11)18/h1-6H,7H2,(H,20,21). The van der Waals surface area contributed by atoms with Gasteiger partial charge in [-0.2, -0.15) is 5.26 Å². The number of carbonyl (C=O) groups is 1. The summed E-state index contributed by atoms with van der Waals surface area (Å²) in [4.78, 5) is 11.8. The van der Waals surface area contributed by atoms with Crippen molar-refractivity contribution >= 4 is 11.6 Å². The second kappa shape index (κ2) is 6.09. The van der Waals surface area contributed by atoms with E-state index >= 15 is 0 Å². The van der Waals surface area contributed by atoms with Crippen molar-refractivity contribution in [3.05, 3.63) is 65.0 Å². The van der Waals surface area contributed by atoms with Crippen molar-refractivity contribution in [2.24, 2.45) is 0 Å². The van der Waals surface area contributed by atoms with E-state index in [1.54, 1.807) is 6.07 Å². The number of rotatable bonds is 3. The summed E-state index contributed by atoms with van der Waals surface area (Å²) in [5, 5.41) is 11.2. The largest absolute Gasteiger partial charge is 0.325 e. The van der Waals surface area contributed by atoms with Gasteiger partial charge in [0.15, 0.2) is 0 Å². The molecule has 0 unspecified atom stereocenters. The van der Waals surface area contributed by atoms with E-state index in [9.17, 15) is 18.0 Å². The average Bonchev–Trinajstić information content (AvgIpc) is 2.45. The van der Waals surface area contributed by atoms with Crippen molar-refractivity contribution in [3.63, 3.8) is 0 Å². The topological polar surface area (TPSA) is 52.9 Å². The molecule has 106 valence electrons. The van der Waals surface area contributed by atoms with E-state index in [1.807, 2.05) is 0 Å². The highest BCUT2D eigenvalue weighted by atomic mass is 19.1. The third-order valence-corrected chi connectivity index (χ3v) is 2.78. The highest BCUT2D eigenvalue weighted by Gasteiger charge is 2.14. The first-order valence-electron chi connectivity index (χ1n) is 5.93. The average molecular weight is 290 g/mol. The Kier molecular flexibility index (Phi) is 4.24. The summed E-state index contributed by atoms with van der Waals surface area (Å²) in [6.45, 7) is 0. The van der Waals surface area contributed by atoms with Crippen LogP contribution in [0.15, 0.2) is 36.4 Å². The molecule has 0 radical (unpaired) electrons. The van der Waals surface area contributed by atoms with E-state index < -0.39 is 29.8 Å². The number of nitriles is 1. The van der Waals surface area contributed by atoms with Crippen molar-refractivity contribution in [1.29, 1.82) is 5.26 Å². The first-order valence-corrected chi connectivity index (χ1v) is 5.93. The summed E-state index contributed by atoms with van der Waals surface area (Å²) >= 11 is 0. The number of nitrogens with one attached hydrogen (secondary N) is 1. The molecule has 3 nitrogen and oxygen atoms in total. The Morgan fingerprint density at radius 1 is 1.14 bits per heavy atom. The zero-order chi connectivity index (χ0) is 15.4. The van der Waals surface area contributed by atoms with Crippen LogP contribution in [-0.2, 0) is 11.2 Å². The summed E-state index contributed by atoms with van der Waals surface area (Å²) in [6.07, 6.45) is -0.527. The van der Waals surface area contributed by atoms with Crippen LogP contribution in [0.3, 0.4) is 0 Å². The predicted octanol–water partition coefficient (Wildman–Crippen LogP) is 3.16. The van der Waals surface area contributed by atoms with Crippen LogP contribution in [-0.4, -0.2) is 5.91 Å². The summed E-state index contributed by atoms with van der Waals surface area (Å²) in [7, 11) is 0. The monoisotopic (exact) mass is 290 g/mol. The zero-order valence-electron chi connectivity index (χ0n) is 10.7. The van der Waals surface area contributed by atoms with Gasteiger partial charge in [-0.3, -0.25) is 4.79 Å². The molecule has 1 N–H and O–H groups in total. The fourth-order valence-electron chi connectivity index (χ4n) is 1.77. The van der Waals surface area contributed by atoms with Crippen molar-refractivity contribution < 1.29 is 18.0 Å². The van der Waals surface area contributed by atoms with E-state index in [-0.39, 0.29) is 16.8 Å². The Bertz CT molecular complexity index is 718. The van der Waals surface area contributed by atoms with Gasteiger partial charge in [-0.1, -0.05) is 6.07 Å². The lowest BCUT2D eigenvalue weighted by atomic mass is 10.1. The molecule has 0 spiro atoms. The van der Waals surface area contributed by atoms with E-state index in [4.69, 9.17) is 5.26 Å². The van der Waals surface area contributed by atoms with Crippen LogP contribution in [0.5, 0.6) is 0 Å². The second-order valence-electron chi connectivity index (χ2n) is 4.23. The number of carbonyl (C=O) groups excluding carboxylic acids is 1. The Labute approximate surface area is 118 Å². The number of hydrogen-bond acceptors (Lipinski definition) is 2. The molecule has 0 saturated heterocycles. The van der Waals surface area contributed by atoms with Gasteiger partial charge in [0, 0.05) is 5.56 Å². The molecule has 0 aromatic heterocycles. The maximum Gasteiger partial charge on any atom is 0.229 e. The molecule has 21 heavy (non-hydrogen) atoms. The Morgan fingerprint density at radius 2 is 1.81 bits per heavy atom. The van der Waals surface area contributed by atoms with Gasteiger partial charge >= 0.3 is 0 Å².